The lowest BCUT2D eigenvalue weighted by Gasteiger charge is -2.38. The van der Waals surface area contributed by atoms with Gasteiger partial charge in [0.05, 0.1) is 13.2 Å². The van der Waals surface area contributed by atoms with Gasteiger partial charge >= 0.3 is 0 Å². The van der Waals surface area contributed by atoms with Crippen molar-refractivity contribution in [3.63, 3.8) is 0 Å². The molecule has 0 spiro atoms. The van der Waals surface area contributed by atoms with Crippen molar-refractivity contribution in [1.29, 1.82) is 0 Å². The molecule has 7 rings (SSSR count). The van der Waals surface area contributed by atoms with Crippen LogP contribution >= 0.6 is 0 Å². The fourth-order valence-corrected chi connectivity index (χ4v) is 5.29. The minimum atomic E-state index is -0.523. The topological polar surface area (TPSA) is 137 Å². The fraction of sp³-hybridized carbons (Fsp3) is 0.323. The van der Waals surface area contributed by atoms with E-state index in [0.29, 0.717) is 46.8 Å². The first kappa shape index (κ1) is 28.0. The van der Waals surface area contributed by atoms with Crippen LogP contribution in [0.1, 0.15) is 27.9 Å². The molecule has 2 atom stereocenters. The summed E-state index contributed by atoms with van der Waals surface area (Å²) < 4.78 is 17.7. The highest BCUT2D eigenvalue weighted by Crippen LogP contribution is 2.28. The van der Waals surface area contributed by atoms with Crippen LogP contribution in [0.15, 0.2) is 60.7 Å². The molecule has 3 aliphatic rings. The van der Waals surface area contributed by atoms with Crippen molar-refractivity contribution in [2.45, 2.75) is 38.6 Å². The molecule has 12 heteroatoms. The summed E-state index contributed by atoms with van der Waals surface area (Å²) in [5, 5.41) is 14.7. The third-order valence-electron chi connectivity index (χ3n) is 7.65. The third-order valence-corrected chi connectivity index (χ3v) is 7.65. The molecule has 0 aliphatic carbocycles. The van der Waals surface area contributed by atoms with Crippen LogP contribution in [0.25, 0.3) is 11.0 Å². The molecule has 1 fully saturated rings. The summed E-state index contributed by atoms with van der Waals surface area (Å²) in [7, 11) is 1.55. The molecule has 4 aromatic rings. The van der Waals surface area contributed by atoms with E-state index in [-0.39, 0.29) is 44.0 Å². The Balaban J connectivity index is 1.27. The quantitative estimate of drug-likeness (QED) is 0.374. The fourth-order valence-electron chi connectivity index (χ4n) is 5.29. The van der Waals surface area contributed by atoms with Crippen LogP contribution in [0.3, 0.4) is 0 Å². The van der Waals surface area contributed by atoms with Crippen LogP contribution < -0.4 is 24.8 Å². The van der Waals surface area contributed by atoms with E-state index in [0.717, 1.165) is 11.1 Å². The summed E-state index contributed by atoms with van der Waals surface area (Å²) in [6.07, 6.45) is 0.0543. The molecule has 2 N–H and O–H groups in total. The molecule has 43 heavy (non-hydrogen) atoms. The number of carbonyl (C=O) groups excluding carboxylic acids is 3. The van der Waals surface area contributed by atoms with E-state index >= 15 is 0 Å². The number of fused-ring (bicyclic) bond motifs is 8. The van der Waals surface area contributed by atoms with Crippen molar-refractivity contribution in [2.75, 3.05) is 26.8 Å². The Hall–Kier alpha value is -5.13. The zero-order chi connectivity index (χ0) is 29.9. The first-order valence-electron chi connectivity index (χ1n) is 14.1. The normalized spacial score (nSPS) is 19.0. The Morgan fingerprint density at radius 1 is 1.07 bits per heavy atom. The number of hydrogen-bond donors (Lipinski definition) is 2. The third kappa shape index (κ3) is 6.22. The van der Waals surface area contributed by atoms with Gasteiger partial charge in [-0.3, -0.25) is 14.4 Å². The number of carbonyl (C=O) groups is 3. The van der Waals surface area contributed by atoms with E-state index in [2.05, 4.69) is 20.8 Å². The van der Waals surface area contributed by atoms with Gasteiger partial charge in [0.25, 0.3) is 11.8 Å². The smallest absolute Gasteiger partial charge is 0.258 e. The van der Waals surface area contributed by atoms with Gasteiger partial charge in [-0.15, -0.1) is 0 Å². The molecule has 1 aromatic heterocycles. The first-order chi connectivity index (χ1) is 20.9. The largest absolute Gasteiger partial charge is 0.496 e. The maximum atomic E-state index is 13.5. The van der Waals surface area contributed by atoms with Crippen LogP contribution in [0.5, 0.6) is 17.2 Å². The number of benzene rings is 3. The van der Waals surface area contributed by atoms with Gasteiger partial charge in [0.15, 0.2) is 6.61 Å². The van der Waals surface area contributed by atoms with Gasteiger partial charge in [-0.2, -0.15) is 15.0 Å². The highest BCUT2D eigenvalue weighted by Gasteiger charge is 2.35. The van der Waals surface area contributed by atoms with Gasteiger partial charge in [0, 0.05) is 43.2 Å². The molecule has 222 valence electrons. The Labute approximate surface area is 247 Å². The zero-order valence-corrected chi connectivity index (χ0v) is 23.9. The van der Waals surface area contributed by atoms with Crippen LogP contribution in [0, 0.1) is 6.92 Å². The number of methoxy groups -OCH3 is 1. The molecule has 3 amide bonds. The summed E-state index contributed by atoms with van der Waals surface area (Å²) in [4.78, 5) is 42.5. The summed E-state index contributed by atoms with van der Waals surface area (Å²) in [6.45, 7) is 2.52. The van der Waals surface area contributed by atoms with Crippen molar-refractivity contribution >= 4 is 28.8 Å². The SMILES string of the molecule is COc1cc2ccc1CNC(=O)COc1cc(ccc1C)C(=O)N[C@H]1CN(C(=O)Cn3nc4ccccc4n3)CC[C@H]1O2. The van der Waals surface area contributed by atoms with E-state index in [1.165, 1.54) is 4.80 Å². The van der Waals surface area contributed by atoms with Crippen LogP contribution in [-0.4, -0.2) is 76.6 Å². The molecule has 12 nitrogen and oxygen atoms in total. The van der Waals surface area contributed by atoms with Gasteiger partial charge in [-0.1, -0.05) is 18.2 Å². The Kier molecular flexibility index (Phi) is 7.82. The van der Waals surface area contributed by atoms with Crippen molar-refractivity contribution in [3.8, 4) is 17.2 Å². The molecular weight excluding hydrogens is 552 g/mol. The van der Waals surface area contributed by atoms with E-state index in [9.17, 15) is 14.4 Å². The molecule has 0 radical (unpaired) electrons. The number of nitrogens with one attached hydrogen (secondary N) is 2. The molecule has 3 aromatic carbocycles. The molecule has 0 unspecified atom stereocenters. The second kappa shape index (κ2) is 12.0. The first-order valence-corrected chi connectivity index (χ1v) is 14.1. The Morgan fingerprint density at radius 3 is 2.63 bits per heavy atom. The van der Waals surface area contributed by atoms with E-state index in [4.69, 9.17) is 14.2 Å². The number of rotatable bonds is 3. The Morgan fingerprint density at radius 2 is 1.86 bits per heavy atom. The van der Waals surface area contributed by atoms with E-state index in [1.54, 1.807) is 42.3 Å². The predicted molar refractivity (Wildman–Crippen MR) is 156 cm³/mol. The van der Waals surface area contributed by atoms with Crippen molar-refractivity contribution in [2.24, 2.45) is 0 Å². The molecule has 4 heterocycles. The maximum Gasteiger partial charge on any atom is 0.258 e. The lowest BCUT2D eigenvalue weighted by Crippen LogP contribution is -2.58. The van der Waals surface area contributed by atoms with Gasteiger partial charge in [0.2, 0.25) is 5.91 Å². The maximum absolute atomic E-state index is 13.5. The monoisotopic (exact) mass is 584 g/mol. The minimum absolute atomic E-state index is 0.0229. The number of likely N-dealkylation sites (tertiary alicyclic amines) is 1. The lowest BCUT2D eigenvalue weighted by atomic mass is 10.0. The van der Waals surface area contributed by atoms with Gasteiger partial charge in [-0.25, -0.2) is 0 Å². The Bertz CT molecular complexity index is 1650. The van der Waals surface area contributed by atoms with Crippen molar-refractivity contribution < 1.29 is 28.6 Å². The number of amides is 3. The summed E-state index contributed by atoms with van der Waals surface area (Å²) in [5.41, 5.74) is 3.35. The van der Waals surface area contributed by atoms with Gasteiger partial charge in [0.1, 0.15) is 40.9 Å². The highest BCUT2D eigenvalue weighted by molar-refractivity contribution is 5.95. The van der Waals surface area contributed by atoms with Crippen LogP contribution in [0.2, 0.25) is 0 Å². The van der Waals surface area contributed by atoms with Crippen molar-refractivity contribution in [3.05, 3.63) is 77.4 Å². The summed E-state index contributed by atoms with van der Waals surface area (Å²) >= 11 is 0. The van der Waals surface area contributed by atoms with E-state index < -0.39 is 12.1 Å². The summed E-state index contributed by atoms with van der Waals surface area (Å²) in [6, 6.07) is 17.4. The number of hydrogen-bond acceptors (Lipinski definition) is 8. The number of aromatic nitrogens is 3. The predicted octanol–water partition coefficient (Wildman–Crippen LogP) is 2.24. The van der Waals surface area contributed by atoms with Gasteiger partial charge in [-0.05, 0) is 48.9 Å². The number of piperidine rings is 1. The molecule has 1 saturated heterocycles. The van der Waals surface area contributed by atoms with Crippen molar-refractivity contribution in [1.82, 2.24) is 30.5 Å². The van der Waals surface area contributed by atoms with E-state index in [1.807, 2.05) is 37.3 Å². The molecule has 0 saturated carbocycles. The zero-order valence-electron chi connectivity index (χ0n) is 23.9. The standard InChI is InChI=1S/C31H32N6O6/c1-19-7-8-20-13-27(19)42-18-29(38)32-15-21-9-10-22(14-28(21)41-2)43-26-11-12-36(16-25(26)33-31(20)40)30(39)17-37-34-23-5-3-4-6-24(23)35-37/h3-10,13-14,25-26H,11-12,15-18H2,1-2H3,(H,32,38)(H,33,40)/t25-,26+/m0/s1. The average molecular weight is 585 g/mol. The molecular formula is C31H32N6O6. The average Bonchev–Trinajstić information content (AvgIpc) is 3.42. The lowest BCUT2D eigenvalue weighted by molar-refractivity contribution is -0.134. The number of aryl methyl sites for hydroxylation is 1. The number of nitrogens with zero attached hydrogens (tertiary/aromatic N) is 4. The summed E-state index contributed by atoms with van der Waals surface area (Å²) in [5.74, 6) is 0.715. The highest BCUT2D eigenvalue weighted by atomic mass is 16.5. The molecule has 4 bridgehead atoms. The number of ether oxygens (including phenoxy) is 3. The minimum Gasteiger partial charge on any atom is -0.496 e. The second-order valence-corrected chi connectivity index (χ2v) is 10.6. The molecule has 3 aliphatic heterocycles. The van der Waals surface area contributed by atoms with Crippen LogP contribution in [-0.2, 0) is 22.7 Å². The van der Waals surface area contributed by atoms with Gasteiger partial charge < -0.3 is 29.7 Å². The second-order valence-electron chi connectivity index (χ2n) is 10.6. The van der Waals surface area contributed by atoms with Crippen LogP contribution in [0.4, 0.5) is 0 Å².